The number of nitrogens with zero attached hydrogens (tertiary/aromatic N) is 1. The van der Waals surface area contributed by atoms with Gasteiger partial charge in [0.1, 0.15) is 5.75 Å². The Bertz CT molecular complexity index is 1210. The average molecular weight is 386 g/mol. The van der Waals surface area contributed by atoms with Crippen molar-refractivity contribution in [3.63, 3.8) is 0 Å². The van der Waals surface area contributed by atoms with E-state index in [1.165, 1.54) is 37.9 Å². The van der Waals surface area contributed by atoms with E-state index in [2.05, 4.69) is 9.97 Å². The fraction of sp³-hybridized carbons (Fsp3) is 0.100. The fourth-order valence-electron chi connectivity index (χ4n) is 3.01. The number of alkyl halides is 3. The van der Waals surface area contributed by atoms with Crippen LogP contribution in [0.15, 0.2) is 64.3 Å². The topological polar surface area (TPSA) is 68.1 Å². The standard InChI is InChI=1S/C20H13F3N2O3/c1-27-18-8-16-13(6-14(18)19-9-24-10-28-19)17(26)7-15(25-16)11-3-2-4-12(5-11)20(21,22)23/h2-10H,1H3,(H,25,26). The summed E-state index contributed by atoms with van der Waals surface area (Å²) in [6, 6.07) is 9.26. The normalized spacial score (nSPS) is 11.7. The molecule has 0 bridgehead atoms. The summed E-state index contributed by atoms with van der Waals surface area (Å²) in [5, 5.41) is 0.350. The largest absolute Gasteiger partial charge is 0.496 e. The number of methoxy groups -OCH3 is 1. The summed E-state index contributed by atoms with van der Waals surface area (Å²) in [5.74, 6) is 0.862. The molecule has 0 saturated heterocycles. The molecule has 0 saturated carbocycles. The van der Waals surface area contributed by atoms with Crippen LogP contribution < -0.4 is 10.2 Å². The van der Waals surface area contributed by atoms with Crippen LogP contribution in [0.2, 0.25) is 0 Å². The number of nitrogens with one attached hydrogen (secondary N) is 1. The van der Waals surface area contributed by atoms with E-state index < -0.39 is 11.7 Å². The molecule has 0 fully saturated rings. The number of aromatic nitrogens is 2. The van der Waals surface area contributed by atoms with Gasteiger partial charge >= 0.3 is 6.18 Å². The van der Waals surface area contributed by atoms with E-state index in [9.17, 15) is 18.0 Å². The molecule has 0 atom stereocenters. The van der Waals surface area contributed by atoms with E-state index >= 15 is 0 Å². The molecule has 0 unspecified atom stereocenters. The van der Waals surface area contributed by atoms with Gasteiger partial charge in [-0.25, -0.2) is 4.98 Å². The van der Waals surface area contributed by atoms with E-state index in [1.807, 2.05) is 0 Å². The van der Waals surface area contributed by atoms with Crippen molar-refractivity contribution in [3.8, 4) is 28.3 Å². The number of hydrogen-bond donors (Lipinski definition) is 1. The first-order valence-electron chi connectivity index (χ1n) is 8.18. The van der Waals surface area contributed by atoms with E-state index in [0.29, 0.717) is 28.0 Å². The Morgan fingerprint density at radius 1 is 1.14 bits per heavy atom. The number of ether oxygens (including phenoxy) is 1. The van der Waals surface area contributed by atoms with Gasteiger partial charge in [-0.1, -0.05) is 12.1 Å². The van der Waals surface area contributed by atoms with Gasteiger partial charge in [-0.3, -0.25) is 4.79 Å². The highest BCUT2D eigenvalue weighted by molar-refractivity contribution is 5.88. The second kappa shape index (κ2) is 6.56. The monoisotopic (exact) mass is 386 g/mol. The van der Waals surface area contributed by atoms with Crippen molar-refractivity contribution >= 4 is 10.9 Å². The Morgan fingerprint density at radius 2 is 1.96 bits per heavy atom. The number of halogens is 3. The van der Waals surface area contributed by atoms with Gasteiger partial charge in [0.05, 0.1) is 30.0 Å². The number of hydrogen-bond acceptors (Lipinski definition) is 4. The highest BCUT2D eigenvalue weighted by atomic mass is 19.4. The van der Waals surface area contributed by atoms with Gasteiger partial charge in [-0.15, -0.1) is 0 Å². The van der Waals surface area contributed by atoms with Crippen LogP contribution in [0.4, 0.5) is 13.2 Å². The predicted molar refractivity (Wildman–Crippen MR) is 97.1 cm³/mol. The molecule has 0 radical (unpaired) electrons. The number of benzene rings is 2. The van der Waals surface area contributed by atoms with E-state index in [4.69, 9.17) is 9.15 Å². The molecule has 0 amide bonds. The van der Waals surface area contributed by atoms with Crippen LogP contribution in [0.1, 0.15) is 5.56 Å². The van der Waals surface area contributed by atoms with Crippen LogP contribution in [0.3, 0.4) is 0 Å². The zero-order valence-corrected chi connectivity index (χ0v) is 14.5. The van der Waals surface area contributed by atoms with Crippen molar-refractivity contribution < 1.29 is 22.3 Å². The second-order valence-corrected chi connectivity index (χ2v) is 6.09. The average Bonchev–Trinajstić information content (AvgIpc) is 3.21. The number of aromatic amines is 1. The minimum Gasteiger partial charge on any atom is -0.496 e. The predicted octanol–water partition coefficient (Wildman–Crippen LogP) is 4.88. The van der Waals surface area contributed by atoms with E-state index in [-0.39, 0.29) is 16.7 Å². The first-order valence-corrected chi connectivity index (χ1v) is 8.18. The lowest BCUT2D eigenvalue weighted by Crippen LogP contribution is -2.06. The second-order valence-electron chi connectivity index (χ2n) is 6.09. The van der Waals surface area contributed by atoms with E-state index in [1.54, 1.807) is 12.1 Å². The van der Waals surface area contributed by atoms with Crippen LogP contribution in [0.5, 0.6) is 5.75 Å². The number of fused-ring (bicyclic) bond motifs is 1. The van der Waals surface area contributed by atoms with Crippen LogP contribution in [0, 0.1) is 0 Å². The molecule has 2 aromatic carbocycles. The van der Waals surface area contributed by atoms with Crippen molar-refractivity contribution in [1.29, 1.82) is 0 Å². The summed E-state index contributed by atoms with van der Waals surface area (Å²) in [6.07, 6.45) is -1.71. The SMILES string of the molecule is COc1cc2[nH]c(-c3cccc(C(F)(F)F)c3)cc(=O)c2cc1-c1cnco1. The van der Waals surface area contributed by atoms with Gasteiger partial charge in [-0.2, -0.15) is 13.2 Å². The first kappa shape index (κ1) is 17.8. The quantitative estimate of drug-likeness (QED) is 0.545. The molecule has 1 N–H and O–H groups in total. The summed E-state index contributed by atoms with van der Waals surface area (Å²) >= 11 is 0. The Morgan fingerprint density at radius 3 is 2.64 bits per heavy atom. The molecule has 4 aromatic rings. The molecule has 2 aromatic heterocycles. The van der Waals surface area contributed by atoms with Crippen molar-refractivity contribution in [2.45, 2.75) is 6.18 Å². The van der Waals surface area contributed by atoms with Crippen LogP contribution in [0.25, 0.3) is 33.5 Å². The number of pyridine rings is 1. The van der Waals surface area contributed by atoms with Crippen LogP contribution in [-0.2, 0) is 6.18 Å². The lowest BCUT2D eigenvalue weighted by Gasteiger charge is -2.11. The molecule has 0 aliphatic rings. The molecular formula is C20H13F3N2O3. The molecule has 28 heavy (non-hydrogen) atoms. The fourth-order valence-corrected chi connectivity index (χ4v) is 3.01. The molecule has 0 aliphatic heterocycles. The summed E-state index contributed by atoms with van der Waals surface area (Å²) in [6.45, 7) is 0. The first-order chi connectivity index (χ1) is 13.4. The third-order valence-electron chi connectivity index (χ3n) is 4.35. The molecule has 4 rings (SSSR count). The van der Waals surface area contributed by atoms with Gasteiger partial charge in [0.25, 0.3) is 0 Å². The molecule has 0 aliphatic carbocycles. The van der Waals surface area contributed by atoms with Crippen molar-refractivity contribution in [2.24, 2.45) is 0 Å². The highest BCUT2D eigenvalue weighted by Gasteiger charge is 2.30. The minimum atomic E-state index is -4.47. The maximum absolute atomic E-state index is 13.0. The van der Waals surface area contributed by atoms with E-state index in [0.717, 1.165) is 12.1 Å². The van der Waals surface area contributed by atoms with Gasteiger partial charge in [-0.05, 0) is 23.8 Å². The van der Waals surface area contributed by atoms with Gasteiger partial charge < -0.3 is 14.1 Å². The Labute approximate surface area is 156 Å². The smallest absolute Gasteiger partial charge is 0.416 e. The maximum atomic E-state index is 13.0. The Balaban J connectivity index is 1.90. The molecule has 0 spiro atoms. The molecular weight excluding hydrogens is 373 g/mol. The summed E-state index contributed by atoms with van der Waals surface area (Å²) < 4.78 is 49.6. The van der Waals surface area contributed by atoms with Gasteiger partial charge in [0.2, 0.25) is 0 Å². The number of H-pyrrole nitrogens is 1. The Hall–Kier alpha value is -3.55. The molecule has 8 heteroatoms. The van der Waals surface area contributed by atoms with Gasteiger partial charge in [0, 0.05) is 23.2 Å². The third-order valence-corrected chi connectivity index (χ3v) is 4.35. The lowest BCUT2D eigenvalue weighted by molar-refractivity contribution is -0.137. The van der Waals surface area contributed by atoms with Crippen LogP contribution >= 0.6 is 0 Å². The summed E-state index contributed by atoms with van der Waals surface area (Å²) in [7, 11) is 1.47. The van der Waals surface area contributed by atoms with Crippen molar-refractivity contribution in [3.05, 3.63) is 70.8 Å². The van der Waals surface area contributed by atoms with Crippen molar-refractivity contribution in [2.75, 3.05) is 7.11 Å². The molecule has 2 heterocycles. The number of rotatable bonds is 3. The third kappa shape index (κ3) is 3.13. The lowest BCUT2D eigenvalue weighted by atomic mass is 10.0. The van der Waals surface area contributed by atoms with Crippen molar-refractivity contribution in [1.82, 2.24) is 9.97 Å². The number of oxazole rings is 1. The molecule has 5 nitrogen and oxygen atoms in total. The van der Waals surface area contributed by atoms with Gasteiger partial charge in [0.15, 0.2) is 17.6 Å². The highest BCUT2D eigenvalue weighted by Crippen LogP contribution is 2.34. The van der Waals surface area contributed by atoms with Crippen LogP contribution in [-0.4, -0.2) is 17.1 Å². The maximum Gasteiger partial charge on any atom is 0.416 e. The molecule has 142 valence electrons. The minimum absolute atomic E-state index is 0.257. The zero-order chi connectivity index (χ0) is 19.9. The Kier molecular flexibility index (Phi) is 4.18. The summed E-state index contributed by atoms with van der Waals surface area (Å²) in [5.41, 5.74) is 0.379. The zero-order valence-electron chi connectivity index (χ0n) is 14.5. The summed E-state index contributed by atoms with van der Waals surface area (Å²) in [4.78, 5) is 19.5.